The van der Waals surface area contributed by atoms with E-state index >= 15 is 0 Å². The van der Waals surface area contributed by atoms with Crippen LogP contribution in [0.25, 0.3) is 0 Å². The molecule has 12 heteroatoms. The summed E-state index contributed by atoms with van der Waals surface area (Å²) in [6, 6.07) is 0. The predicted molar refractivity (Wildman–Crippen MR) is 161 cm³/mol. The van der Waals surface area contributed by atoms with Crippen molar-refractivity contribution >= 4 is 31.7 Å². The molecule has 0 amide bonds. The fraction of sp³-hybridized carbons (Fsp3) is 0.818. The van der Waals surface area contributed by atoms with Crippen molar-refractivity contribution in [2.45, 2.75) is 139 Å². The summed E-state index contributed by atoms with van der Waals surface area (Å²) in [6.07, 6.45) is 3.73. The molecule has 2 saturated carbocycles. The average Bonchev–Trinajstić information content (AvgIpc) is 3.85. The number of epoxide rings is 3. The van der Waals surface area contributed by atoms with Gasteiger partial charge in [0.2, 0.25) is 0 Å². The molecule has 11 nitrogen and oxygen atoms in total. The average molecular weight is 631 g/mol. The summed E-state index contributed by atoms with van der Waals surface area (Å²) < 4.78 is 42.3. The van der Waals surface area contributed by atoms with E-state index < -0.39 is 45.6 Å². The van der Waals surface area contributed by atoms with Crippen LogP contribution in [0, 0.1) is 11.3 Å². The standard InChI is InChI=1S/C33H47BO11/c1-7-39-24(37)12-10-8-9-11-15-40-27(38)21-13-14-29(6)30(34,22(21)17-41-19(4)35)16-23-32(43-23)28(42-20(5)36)31(18(2)3)25(44-31)26-33(29,32)45-26/h18,23,25-26,28H,7-17,34H2,1-6H3/t23-,25-,26-,28+,29-,30+,31-,32+,33+/m0/s1. The third kappa shape index (κ3) is 4.48. The molecule has 6 aliphatic rings. The maximum atomic E-state index is 13.6. The zero-order chi connectivity index (χ0) is 32.6. The minimum Gasteiger partial charge on any atom is -0.466 e. The largest absolute Gasteiger partial charge is 0.466 e. The van der Waals surface area contributed by atoms with Gasteiger partial charge in [0.25, 0.3) is 0 Å². The van der Waals surface area contributed by atoms with Crippen LogP contribution in [0.4, 0.5) is 0 Å². The minimum atomic E-state index is -0.841. The number of carbonyl (C=O) groups excluding carboxylic acids is 4. The molecule has 0 radical (unpaired) electrons. The molecule has 5 fully saturated rings. The van der Waals surface area contributed by atoms with Crippen molar-refractivity contribution in [2.75, 3.05) is 19.8 Å². The number of esters is 4. The van der Waals surface area contributed by atoms with Gasteiger partial charge in [0.15, 0.2) is 11.7 Å². The Morgan fingerprint density at radius 3 is 2.36 bits per heavy atom. The first-order chi connectivity index (χ1) is 21.3. The van der Waals surface area contributed by atoms with E-state index in [0.29, 0.717) is 44.3 Å². The lowest BCUT2D eigenvalue weighted by Crippen LogP contribution is -2.71. The zero-order valence-corrected chi connectivity index (χ0v) is 27.7. The Balaban J connectivity index is 1.23. The second-order valence-electron chi connectivity index (χ2n) is 14.4. The van der Waals surface area contributed by atoms with Crippen molar-refractivity contribution in [2.24, 2.45) is 11.3 Å². The van der Waals surface area contributed by atoms with Crippen LogP contribution in [0.2, 0.25) is 5.31 Å². The Morgan fingerprint density at radius 1 is 0.956 bits per heavy atom. The van der Waals surface area contributed by atoms with E-state index in [1.165, 1.54) is 13.8 Å². The van der Waals surface area contributed by atoms with Crippen LogP contribution >= 0.6 is 0 Å². The van der Waals surface area contributed by atoms with Crippen molar-refractivity contribution in [1.82, 2.24) is 0 Å². The summed E-state index contributed by atoms with van der Waals surface area (Å²) in [5, 5.41) is -0.630. The Morgan fingerprint density at radius 2 is 1.69 bits per heavy atom. The monoisotopic (exact) mass is 630 g/mol. The van der Waals surface area contributed by atoms with Gasteiger partial charge >= 0.3 is 23.9 Å². The summed E-state index contributed by atoms with van der Waals surface area (Å²) >= 11 is 0. The molecule has 0 aromatic heterocycles. The fourth-order valence-electron chi connectivity index (χ4n) is 9.56. The highest BCUT2D eigenvalue weighted by Gasteiger charge is 3.02. The van der Waals surface area contributed by atoms with E-state index in [9.17, 15) is 19.2 Å². The van der Waals surface area contributed by atoms with Gasteiger partial charge in [-0.05, 0) is 55.8 Å². The number of hydrogen-bond acceptors (Lipinski definition) is 11. The highest BCUT2D eigenvalue weighted by Crippen LogP contribution is 2.86. The van der Waals surface area contributed by atoms with Crippen molar-refractivity contribution < 1.29 is 52.3 Å². The Bertz CT molecular complexity index is 1310. The van der Waals surface area contributed by atoms with Crippen LogP contribution in [0.5, 0.6) is 0 Å². The van der Waals surface area contributed by atoms with Crippen molar-refractivity contribution in [3.63, 3.8) is 0 Å². The molecule has 0 aromatic carbocycles. The molecule has 0 unspecified atom stereocenters. The van der Waals surface area contributed by atoms with Gasteiger partial charge < -0.3 is 33.2 Å². The van der Waals surface area contributed by atoms with Gasteiger partial charge in [0.05, 0.1) is 19.3 Å². The molecule has 0 N–H and O–H groups in total. The maximum absolute atomic E-state index is 13.6. The zero-order valence-electron chi connectivity index (χ0n) is 27.7. The molecule has 0 aromatic rings. The maximum Gasteiger partial charge on any atom is 0.334 e. The van der Waals surface area contributed by atoms with Crippen LogP contribution in [-0.2, 0) is 52.3 Å². The number of fused-ring (bicyclic) bond motifs is 3. The quantitative estimate of drug-likeness (QED) is 0.0975. The van der Waals surface area contributed by atoms with Crippen molar-refractivity contribution in [3.05, 3.63) is 11.1 Å². The Labute approximate surface area is 265 Å². The van der Waals surface area contributed by atoms with E-state index in [0.717, 1.165) is 24.8 Å². The smallest absolute Gasteiger partial charge is 0.334 e. The van der Waals surface area contributed by atoms with Gasteiger partial charge in [-0.1, -0.05) is 33.6 Å². The number of carbonyl (C=O) groups is 4. The predicted octanol–water partition coefficient (Wildman–Crippen LogP) is 2.91. The highest BCUT2D eigenvalue weighted by atomic mass is 16.8. The summed E-state index contributed by atoms with van der Waals surface area (Å²) in [5.41, 5.74) is -1.52. The lowest BCUT2D eigenvalue weighted by atomic mass is 9.35. The highest BCUT2D eigenvalue weighted by molar-refractivity contribution is 6.19. The topological polar surface area (TPSA) is 143 Å². The first-order valence-electron chi connectivity index (χ1n) is 16.7. The molecule has 6 rings (SSSR count). The van der Waals surface area contributed by atoms with Gasteiger partial charge in [-0.2, -0.15) is 0 Å². The Hall–Kier alpha value is -2.44. The molecule has 3 heterocycles. The van der Waals surface area contributed by atoms with E-state index in [1.54, 1.807) is 6.92 Å². The first-order valence-corrected chi connectivity index (χ1v) is 16.7. The van der Waals surface area contributed by atoms with Crippen molar-refractivity contribution in [1.29, 1.82) is 0 Å². The van der Waals surface area contributed by atoms with Gasteiger partial charge in [0.1, 0.15) is 37.9 Å². The van der Waals surface area contributed by atoms with E-state index in [4.69, 9.17) is 33.2 Å². The van der Waals surface area contributed by atoms with E-state index in [-0.39, 0.29) is 49.4 Å². The third-order valence-electron chi connectivity index (χ3n) is 12.0. The summed E-state index contributed by atoms with van der Waals surface area (Å²) in [6.45, 7) is 11.5. The van der Waals surface area contributed by atoms with Crippen molar-refractivity contribution in [3.8, 4) is 0 Å². The van der Waals surface area contributed by atoms with Crippen LogP contribution < -0.4 is 0 Å². The normalized spacial score (nSPS) is 41.4. The summed E-state index contributed by atoms with van der Waals surface area (Å²) in [7, 11) is 2.12. The molecule has 0 bridgehead atoms. The molecule has 248 valence electrons. The lowest BCUT2D eigenvalue weighted by Gasteiger charge is -2.60. The van der Waals surface area contributed by atoms with Gasteiger partial charge in [0, 0.05) is 31.3 Å². The first kappa shape index (κ1) is 32.5. The SMILES string of the molecule is B[C@@]12C[C@@H]3O[C@@]34[C@H](OC(C)=O)[C@@]3(C(C)C)O[C@H]3[C@@H]3O[C@@]34[C@@]1(C)CCC(C(=O)OCCCCCCC(=O)OCC)=C2COC(C)=O. The van der Waals surface area contributed by atoms with Crippen LogP contribution in [0.3, 0.4) is 0 Å². The van der Waals surface area contributed by atoms with Gasteiger partial charge in [-0.3, -0.25) is 14.4 Å². The molecular weight excluding hydrogens is 583 g/mol. The van der Waals surface area contributed by atoms with Crippen LogP contribution in [0.1, 0.15) is 92.9 Å². The number of ether oxygens (including phenoxy) is 7. The molecule has 3 aliphatic heterocycles. The molecule has 45 heavy (non-hydrogen) atoms. The number of rotatable bonds is 13. The molecule has 3 aliphatic carbocycles. The fourth-order valence-corrected chi connectivity index (χ4v) is 9.56. The molecule has 3 saturated heterocycles. The Kier molecular flexibility index (Phi) is 8.00. The number of unbranched alkanes of at least 4 members (excludes halogenated alkanes) is 3. The van der Waals surface area contributed by atoms with Crippen LogP contribution in [0.15, 0.2) is 11.1 Å². The summed E-state index contributed by atoms with van der Waals surface area (Å²) in [5.74, 6) is -1.31. The second-order valence-corrected chi connectivity index (χ2v) is 14.4. The van der Waals surface area contributed by atoms with E-state index in [1.807, 2.05) is 0 Å². The molecule has 9 atom stereocenters. The molecular formula is C33H47BO11. The van der Waals surface area contributed by atoms with E-state index in [2.05, 4.69) is 28.6 Å². The second kappa shape index (κ2) is 11.1. The van der Waals surface area contributed by atoms with Gasteiger partial charge in [-0.15, -0.1) is 0 Å². The van der Waals surface area contributed by atoms with Gasteiger partial charge in [-0.25, -0.2) is 4.79 Å². The lowest BCUT2D eigenvalue weighted by molar-refractivity contribution is -0.166. The number of hydrogen-bond donors (Lipinski definition) is 0. The third-order valence-corrected chi connectivity index (χ3v) is 12.0. The minimum absolute atomic E-state index is 0.0244. The molecule has 2 spiro atoms. The summed E-state index contributed by atoms with van der Waals surface area (Å²) in [4.78, 5) is 49.7. The van der Waals surface area contributed by atoms with Crippen LogP contribution in [-0.4, -0.2) is 92.8 Å².